The smallest absolute Gasteiger partial charge is 0.260 e. The highest BCUT2D eigenvalue weighted by molar-refractivity contribution is 6.16. The van der Waals surface area contributed by atoms with E-state index in [9.17, 15) is 9.59 Å². The topological polar surface area (TPSA) is 62.3 Å². The molecule has 0 aliphatic carbocycles. The maximum Gasteiger partial charge on any atom is 0.260 e. The molecule has 2 aromatic rings. The monoisotopic (exact) mass is 309 g/mol. The van der Waals surface area contributed by atoms with Crippen molar-refractivity contribution in [3.8, 4) is 0 Å². The van der Waals surface area contributed by atoms with Crippen LogP contribution in [0, 0.1) is 6.92 Å². The minimum Gasteiger partial charge on any atom is -0.322 e. The first kappa shape index (κ1) is 15.2. The molecular weight excluding hydrogens is 290 g/mol. The minimum atomic E-state index is -0.497. The number of nitrogens with zero attached hydrogens (tertiary/aromatic N) is 2. The zero-order valence-corrected chi connectivity index (χ0v) is 13.2. The summed E-state index contributed by atoms with van der Waals surface area (Å²) in [6.45, 7) is 3.88. The van der Waals surface area contributed by atoms with Crippen LogP contribution in [-0.2, 0) is 4.79 Å². The predicted molar refractivity (Wildman–Crippen MR) is 89.6 cm³/mol. The van der Waals surface area contributed by atoms with Crippen molar-refractivity contribution in [1.82, 2.24) is 4.98 Å². The summed E-state index contributed by atoms with van der Waals surface area (Å²) in [5.41, 5.74) is 2.74. The second-order valence-electron chi connectivity index (χ2n) is 5.67. The number of aromatic nitrogens is 1. The summed E-state index contributed by atoms with van der Waals surface area (Å²) >= 11 is 0. The second-order valence-corrected chi connectivity index (χ2v) is 5.67. The molecule has 0 unspecified atom stereocenters. The number of para-hydroxylation sites is 2. The van der Waals surface area contributed by atoms with Gasteiger partial charge in [0, 0.05) is 11.9 Å². The number of fused-ring (bicyclic) bond motifs is 1. The zero-order chi connectivity index (χ0) is 16.4. The van der Waals surface area contributed by atoms with Gasteiger partial charge in [-0.1, -0.05) is 25.5 Å². The number of hydrogen-bond donors (Lipinski definition) is 1. The molecule has 118 valence electrons. The van der Waals surface area contributed by atoms with E-state index in [0.717, 1.165) is 17.8 Å². The molecule has 2 heterocycles. The van der Waals surface area contributed by atoms with E-state index in [1.165, 1.54) is 0 Å². The van der Waals surface area contributed by atoms with Crippen LogP contribution in [0.5, 0.6) is 0 Å². The van der Waals surface area contributed by atoms with Crippen LogP contribution in [0.25, 0.3) is 0 Å². The number of carbonyl (C=O) groups is 2. The number of hydrogen-bond acceptors (Lipinski definition) is 3. The summed E-state index contributed by atoms with van der Waals surface area (Å²) in [5, 5.41) is 2.89. The number of carbonyl (C=O) groups excluding carboxylic acids is 2. The maximum atomic E-state index is 13.0. The molecule has 0 spiro atoms. The quantitative estimate of drug-likeness (QED) is 0.947. The van der Waals surface area contributed by atoms with Gasteiger partial charge in [0.2, 0.25) is 5.91 Å². The van der Waals surface area contributed by atoms with Crippen molar-refractivity contribution in [3.63, 3.8) is 0 Å². The summed E-state index contributed by atoms with van der Waals surface area (Å²) in [6, 6.07) is 10.4. The van der Waals surface area contributed by atoms with Gasteiger partial charge in [0.05, 0.1) is 16.9 Å². The molecule has 1 aliphatic rings. The van der Waals surface area contributed by atoms with Gasteiger partial charge >= 0.3 is 0 Å². The lowest BCUT2D eigenvalue weighted by molar-refractivity contribution is -0.117. The number of pyridine rings is 1. The number of rotatable bonds is 3. The summed E-state index contributed by atoms with van der Waals surface area (Å²) in [7, 11) is 0. The van der Waals surface area contributed by atoms with Crippen LogP contribution >= 0.6 is 0 Å². The molecule has 1 N–H and O–H groups in total. The number of anilines is 2. The normalized spacial score (nSPS) is 16.7. The van der Waals surface area contributed by atoms with Gasteiger partial charge in [-0.3, -0.25) is 19.5 Å². The Morgan fingerprint density at radius 3 is 2.74 bits per heavy atom. The second kappa shape index (κ2) is 6.20. The van der Waals surface area contributed by atoms with Crippen LogP contribution < -0.4 is 10.2 Å². The summed E-state index contributed by atoms with van der Waals surface area (Å²) in [6.07, 6.45) is 3.00. The van der Waals surface area contributed by atoms with Crippen LogP contribution in [-0.4, -0.2) is 22.8 Å². The maximum absolute atomic E-state index is 13.0. The molecular formula is C18H19N3O2. The summed E-state index contributed by atoms with van der Waals surface area (Å²) < 4.78 is 0. The summed E-state index contributed by atoms with van der Waals surface area (Å²) in [5.74, 6) is -0.336. The van der Waals surface area contributed by atoms with Gasteiger partial charge in [0.15, 0.2) is 0 Å². The van der Waals surface area contributed by atoms with Crippen molar-refractivity contribution < 1.29 is 9.59 Å². The zero-order valence-electron chi connectivity index (χ0n) is 13.2. The van der Waals surface area contributed by atoms with Crippen LogP contribution in [0.4, 0.5) is 11.4 Å². The fraction of sp³-hybridized carbons (Fsp3) is 0.278. The molecule has 0 bridgehead atoms. The van der Waals surface area contributed by atoms with E-state index >= 15 is 0 Å². The largest absolute Gasteiger partial charge is 0.322 e. The lowest BCUT2D eigenvalue weighted by Crippen LogP contribution is -2.51. The molecule has 0 radical (unpaired) electrons. The molecule has 23 heavy (non-hydrogen) atoms. The Morgan fingerprint density at radius 1 is 1.26 bits per heavy atom. The Hall–Kier alpha value is -2.69. The average Bonchev–Trinajstić information content (AvgIpc) is 2.56. The molecule has 5 heteroatoms. The molecule has 1 atom stereocenters. The van der Waals surface area contributed by atoms with Crippen molar-refractivity contribution in [3.05, 3.63) is 53.9 Å². The van der Waals surface area contributed by atoms with E-state index in [1.807, 2.05) is 38.1 Å². The molecule has 0 fully saturated rings. The first-order valence-corrected chi connectivity index (χ1v) is 7.78. The van der Waals surface area contributed by atoms with Crippen molar-refractivity contribution in [2.75, 3.05) is 10.2 Å². The fourth-order valence-corrected chi connectivity index (χ4v) is 2.81. The molecule has 5 nitrogen and oxygen atoms in total. The van der Waals surface area contributed by atoms with Crippen molar-refractivity contribution in [2.24, 2.45) is 0 Å². The van der Waals surface area contributed by atoms with Crippen molar-refractivity contribution >= 4 is 23.2 Å². The highest BCUT2D eigenvalue weighted by atomic mass is 16.2. The third kappa shape index (κ3) is 2.82. The SMILES string of the molecule is CCC[C@H]1C(=O)Nc2ccccc2N1C(=O)c1ccc(C)nc1. The lowest BCUT2D eigenvalue weighted by atomic mass is 10.0. The predicted octanol–water partition coefficient (Wildman–Crippen LogP) is 3.16. The molecule has 0 saturated carbocycles. The van der Waals surface area contributed by atoms with Gasteiger partial charge in [0.1, 0.15) is 6.04 Å². The minimum absolute atomic E-state index is 0.140. The fourth-order valence-electron chi connectivity index (χ4n) is 2.81. The first-order valence-electron chi connectivity index (χ1n) is 7.78. The van der Waals surface area contributed by atoms with Crippen LogP contribution in [0.15, 0.2) is 42.6 Å². The van der Waals surface area contributed by atoms with Gasteiger partial charge in [0.25, 0.3) is 5.91 Å². The molecule has 1 aromatic heterocycles. The Morgan fingerprint density at radius 2 is 2.04 bits per heavy atom. The van der Waals surface area contributed by atoms with E-state index in [4.69, 9.17) is 0 Å². The van der Waals surface area contributed by atoms with E-state index in [0.29, 0.717) is 17.7 Å². The number of aryl methyl sites for hydroxylation is 1. The molecule has 3 rings (SSSR count). The highest BCUT2D eigenvalue weighted by Crippen LogP contribution is 2.34. The Balaban J connectivity index is 2.06. The van der Waals surface area contributed by atoms with Crippen LogP contribution in [0.1, 0.15) is 35.8 Å². The van der Waals surface area contributed by atoms with E-state index < -0.39 is 6.04 Å². The summed E-state index contributed by atoms with van der Waals surface area (Å²) in [4.78, 5) is 31.2. The van der Waals surface area contributed by atoms with Gasteiger partial charge in [-0.2, -0.15) is 0 Å². The standard InChI is InChI=1S/C18H19N3O2/c1-3-6-16-17(22)20-14-7-4-5-8-15(14)21(16)18(23)13-10-9-12(2)19-11-13/h4-5,7-11,16H,3,6H2,1-2H3,(H,20,22)/t16-/m0/s1. The van der Waals surface area contributed by atoms with E-state index in [2.05, 4.69) is 10.3 Å². The Bertz CT molecular complexity index is 740. The first-order chi connectivity index (χ1) is 11.1. The molecule has 2 amide bonds. The van der Waals surface area contributed by atoms with Crippen molar-refractivity contribution in [2.45, 2.75) is 32.7 Å². The van der Waals surface area contributed by atoms with Gasteiger partial charge in [-0.15, -0.1) is 0 Å². The lowest BCUT2D eigenvalue weighted by Gasteiger charge is -2.36. The third-order valence-corrected chi connectivity index (χ3v) is 3.98. The average molecular weight is 309 g/mol. The number of amides is 2. The Labute approximate surface area is 135 Å². The molecule has 1 aliphatic heterocycles. The van der Waals surface area contributed by atoms with Gasteiger partial charge in [-0.25, -0.2) is 0 Å². The van der Waals surface area contributed by atoms with Gasteiger partial charge in [-0.05, 0) is 37.6 Å². The Kier molecular flexibility index (Phi) is 4.10. The van der Waals surface area contributed by atoms with Gasteiger partial charge < -0.3 is 5.32 Å². The molecule has 1 aromatic carbocycles. The van der Waals surface area contributed by atoms with E-state index in [1.54, 1.807) is 23.2 Å². The number of nitrogens with one attached hydrogen (secondary N) is 1. The molecule has 0 saturated heterocycles. The van der Waals surface area contributed by atoms with Crippen LogP contribution in [0.2, 0.25) is 0 Å². The highest BCUT2D eigenvalue weighted by Gasteiger charge is 2.36. The van der Waals surface area contributed by atoms with Crippen molar-refractivity contribution in [1.29, 1.82) is 0 Å². The third-order valence-electron chi connectivity index (χ3n) is 3.98. The van der Waals surface area contributed by atoms with E-state index in [-0.39, 0.29) is 11.8 Å². The van der Waals surface area contributed by atoms with Crippen LogP contribution in [0.3, 0.4) is 0 Å². The number of benzene rings is 1.